The predicted octanol–water partition coefficient (Wildman–Crippen LogP) is 4.30. The third-order valence-electron chi connectivity index (χ3n) is 3.65. The second-order valence-electron chi connectivity index (χ2n) is 5.00. The van der Waals surface area contributed by atoms with Gasteiger partial charge in [-0.05, 0) is 55.8 Å². The van der Waals surface area contributed by atoms with Crippen LogP contribution >= 0.6 is 11.6 Å². The summed E-state index contributed by atoms with van der Waals surface area (Å²) < 4.78 is 18.8. The van der Waals surface area contributed by atoms with Gasteiger partial charge in [-0.1, -0.05) is 23.7 Å². The molecule has 0 amide bonds. The minimum Gasteiger partial charge on any atom is -0.496 e. The molecule has 0 radical (unpaired) electrons. The molecule has 4 heteroatoms. The van der Waals surface area contributed by atoms with Crippen molar-refractivity contribution in [2.24, 2.45) is 0 Å². The number of halogens is 2. The number of nitrogens with one attached hydrogen (secondary N) is 1. The van der Waals surface area contributed by atoms with E-state index in [1.807, 2.05) is 26.1 Å². The van der Waals surface area contributed by atoms with Gasteiger partial charge in [0.1, 0.15) is 11.6 Å². The van der Waals surface area contributed by atoms with Gasteiger partial charge < -0.3 is 10.1 Å². The van der Waals surface area contributed by atoms with Crippen LogP contribution in [0, 0.1) is 12.7 Å². The van der Waals surface area contributed by atoms with Crippen LogP contribution in [-0.2, 0) is 6.42 Å². The van der Waals surface area contributed by atoms with E-state index in [1.165, 1.54) is 6.07 Å². The fourth-order valence-corrected chi connectivity index (χ4v) is 2.58. The Morgan fingerprint density at radius 1 is 1.24 bits per heavy atom. The van der Waals surface area contributed by atoms with E-state index in [1.54, 1.807) is 25.3 Å². The molecule has 0 spiro atoms. The minimum atomic E-state index is -0.214. The molecule has 0 aliphatic heterocycles. The lowest BCUT2D eigenvalue weighted by molar-refractivity contribution is 0.401. The maximum absolute atomic E-state index is 13.4. The third-order valence-corrected chi connectivity index (χ3v) is 3.89. The molecule has 2 aromatic carbocycles. The molecule has 0 aliphatic carbocycles. The van der Waals surface area contributed by atoms with E-state index in [2.05, 4.69) is 5.32 Å². The Morgan fingerprint density at radius 3 is 2.67 bits per heavy atom. The van der Waals surface area contributed by atoms with Crippen molar-refractivity contribution in [3.05, 3.63) is 63.9 Å². The molecule has 2 nitrogen and oxygen atoms in total. The molecule has 21 heavy (non-hydrogen) atoms. The maximum atomic E-state index is 13.4. The largest absolute Gasteiger partial charge is 0.496 e. The zero-order chi connectivity index (χ0) is 15.4. The number of methoxy groups -OCH3 is 1. The van der Waals surface area contributed by atoms with Crippen molar-refractivity contribution in [1.29, 1.82) is 0 Å². The SMILES string of the molecule is CNC(Cc1cc(F)ccc1C)c1ccc(Cl)cc1OC. The quantitative estimate of drug-likeness (QED) is 0.889. The highest BCUT2D eigenvalue weighted by Crippen LogP contribution is 2.30. The van der Waals surface area contributed by atoms with Crippen LogP contribution in [0.2, 0.25) is 5.02 Å². The molecule has 0 fully saturated rings. The highest BCUT2D eigenvalue weighted by atomic mass is 35.5. The Labute approximate surface area is 129 Å². The van der Waals surface area contributed by atoms with E-state index in [0.717, 1.165) is 22.4 Å². The highest BCUT2D eigenvalue weighted by molar-refractivity contribution is 6.30. The van der Waals surface area contributed by atoms with Gasteiger partial charge in [0.15, 0.2) is 0 Å². The van der Waals surface area contributed by atoms with Gasteiger partial charge >= 0.3 is 0 Å². The molecule has 1 atom stereocenters. The van der Waals surface area contributed by atoms with Gasteiger partial charge in [0.05, 0.1) is 7.11 Å². The molecule has 0 saturated carbocycles. The molecular weight excluding hydrogens is 289 g/mol. The van der Waals surface area contributed by atoms with Gasteiger partial charge in [-0.2, -0.15) is 0 Å². The molecule has 1 unspecified atom stereocenters. The van der Waals surface area contributed by atoms with E-state index in [9.17, 15) is 4.39 Å². The Balaban J connectivity index is 2.34. The molecule has 0 aromatic heterocycles. The van der Waals surface area contributed by atoms with Crippen molar-refractivity contribution in [3.8, 4) is 5.75 Å². The first-order valence-electron chi connectivity index (χ1n) is 6.81. The molecule has 0 bridgehead atoms. The number of hydrogen-bond donors (Lipinski definition) is 1. The Bertz CT molecular complexity index is 630. The summed E-state index contributed by atoms with van der Waals surface area (Å²) >= 11 is 6.00. The molecular formula is C17H19ClFNO. The molecule has 1 N–H and O–H groups in total. The number of aryl methyl sites for hydroxylation is 1. The number of likely N-dealkylation sites (N-methyl/N-ethyl adjacent to an activating group) is 1. The molecule has 112 valence electrons. The summed E-state index contributed by atoms with van der Waals surface area (Å²) in [6, 6.07) is 10.5. The Morgan fingerprint density at radius 2 is 2.00 bits per heavy atom. The van der Waals surface area contributed by atoms with E-state index >= 15 is 0 Å². The maximum Gasteiger partial charge on any atom is 0.125 e. The van der Waals surface area contributed by atoms with E-state index in [4.69, 9.17) is 16.3 Å². The van der Waals surface area contributed by atoms with Gasteiger partial charge in [0.2, 0.25) is 0 Å². The minimum absolute atomic E-state index is 0.0257. The van der Waals surface area contributed by atoms with Crippen LogP contribution < -0.4 is 10.1 Å². The highest BCUT2D eigenvalue weighted by Gasteiger charge is 2.16. The summed E-state index contributed by atoms with van der Waals surface area (Å²) in [5.41, 5.74) is 3.06. The van der Waals surface area contributed by atoms with Crippen molar-refractivity contribution in [2.75, 3.05) is 14.2 Å². The lowest BCUT2D eigenvalue weighted by atomic mass is 9.95. The lowest BCUT2D eigenvalue weighted by Gasteiger charge is -2.20. The smallest absolute Gasteiger partial charge is 0.125 e. The summed E-state index contributed by atoms with van der Waals surface area (Å²) in [6.07, 6.45) is 0.679. The fourth-order valence-electron chi connectivity index (χ4n) is 2.42. The van der Waals surface area contributed by atoms with Crippen LogP contribution in [0.5, 0.6) is 5.75 Å². The summed E-state index contributed by atoms with van der Waals surface area (Å²) in [6.45, 7) is 1.99. The Kier molecular flexibility index (Phi) is 5.21. The Hall–Kier alpha value is -1.58. The average Bonchev–Trinajstić information content (AvgIpc) is 2.48. The first kappa shape index (κ1) is 15.8. The monoisotopic (exact) mass is 307 g/mol. The fraction of sp³-hybridized carbons (Fsp3) is 0.294. The standard InChI is InChI=1S/C17H19ClFNO/c1-11-4-6-14(19)8-12(11)9-16(20-2)15-7-5-13(18)10-17(15)21-3/h4-8,10,16,20H,9H2,1-3H3. The average molecular weight is 308 g/mol. The zero-order valence-electron chi connectivity index (χ0n) is 12.4. The van der Waals surface area contributed by atoms with Crippen LogP contribution in [-0.4, -0.2) is 14.2 Å². The van der Waals surface area contributed by atoms with Gasteiger partial charge in [0, 0.05) is 16.6 Å². The molecule has 2 rings (SSSR count). The second kappa shape index (κ2) is 6.92. The molecule has 0 saturated heterocycles. The van der Waals surface area contributed by atoms with Crippen LogP contribution in [0.3, 0.4) is 0 Å². The first-order chi connectivity index (χ1) is 10.0. The van der Waals surface area contributed by atoms with Crippen molar-refractivity contribution in [1.82, 2.24) is 5.32 Å². The molecule has 0 heterocycles. The van der Waals surface area contributed by atoms with Gasteiger partial charge in [-0.25, -0.2) is 4.39 Å². The summed E-state index contributed by atoms with van der Waals surface area (Å²) in [7, 11) is 3.50. The normalized spacial score (nSPS) is 12.2. The van der Waals surface area contributed by atoms with Gasteiger partial charge in [-0.3, -0.25) is 0 Å². The van der Waals surface area contributed by atoms with E-state index in [-0.39, 0.29) is 11.9 Å². The first-order valence-corrected chi connectivity index (χ1v) is 7.18. The van der Waals surface area contributed by atoms with Crippen molar-refractivity contribution < 1.29 is 9.13 Å². The van der Waals surface area contributed by atoms with Crippen LogP contribution in [0.15, 0.2) is 36.4 Å². The lowest BCUT2D eigenvalue weighted by Crippen LogP contribution is -2.20. The van der Waals surface area contributed by atoms with Crippen LogP contribution in [0.4, 0.5) is 4.39 Å². The summed E-state index contributed by atoms with van der Waals surface area (Å²) in [4.78, 5) is 0. The van der Waals surface area contributed by atoms with Crippen molar-refractivity contribution in [3.63, 3.8) is 0 Å². The van der Waals surface area contributed by atoms with Gasteiger partial charge in [-0.15, -0.1) is 0 Å². The number of rotatable bonds is 5. The van der Waals surface area contributed by atoms with Crippen LogP contribution in [0.25, 0.3) is 0 Å². The summed E-state index contributed by atoms with van der Waals surface area (Å²) in [5, 5.41) is 3.89. The third kappa shape index (κ3) is 3.74. The molecule has 0 aliphatic rings. The predicted molar refractivity (Wildman–Crippen MR) is 84.6 cm³/mol. The van der Waals surface area contributed by atoms with E-state index < -0.39 is 0 Å². The summed E-state index contributed by atoms with van der Waals surface area (Å²) in [5.74, 6) is 0.518. The number of ether oxygens (including phenoxy) is 1. The second-order valence-corrected chi connectivity index (χ2v) is 5.44. The number of benzene rings is 2. The zero-order valence-corrected chi connectivity index (χ0v) is 13.2. The number of hydrogen-bond acceptors (Lipinski definition) is 2. The van der Waals surface area contributed by atoms with Gasteiger partial charge in [0.25, 0.3) is 0 Å². The van der Waals surface area contributed by atoms with Crippen molar-refractivity contribution in [2.45, 2.75) is 19.4 Å². The van der Waals surface area contributed by atoms with E-state index in [0.29, 0.717) is 11.4 Å². The topological polar surface area (TPSA) is 21.3 Å². The van der Waals surface area contributed by atoms with Crippen LogP contribution in [0.1, 0.15) is 22.7 Å². The van der Waals surface area contributed by atoms with Crippen molar-refractivity contribution >= 4 is 11.6 Å². The molecule has 2 aromatic rings.